The van der Waals surface area contributed by atoms with Crippen LogP contribution in [-0.2, 0) is 21.8 Å². The fraction of sp³-hybridized carbons (Fsp3) is 0.800. The molecule has 8 heteroatoms. The van der Waals surface area contributed by atoms with Crippen molar-refractivity contribution in [2.75, 3.05) is 0 Å². The lowest BCUT2D eigenvalue weighted by Gasteiger charge is -2.17. The molecule has 1 aromatic heterocycles. The van der Waals surface area contributed by atoms with E-state index in [0.29, 0.717) is 5.82 Å². The Bertz CT molecular complexity index is 553. The molecule has 1 fully saturated rings. The fourth-order valence-corrected chi connectivity index (χ4v) is 3.21. The largest absolute Gasteiger partial charge is 0.374 e. The molecule has 0 radical (unpaired) electrons. The molecule has 18 heavy (non-hydrogen) atoms. The quantitative estimate of drug-likeness (QED) is 0.817. The molecule has 102 valence electrons. The molecule has 1 aliphatic rings. The second-order valence-electron chi connectivity index (χ2n) is 4.88. The maximum Gasteiger partial charge on any atom is 0.273 e. The van der Waals surface area contributed by atoms with Crippen molar-refractivity contribution in [1.29, 1.82) is 0 Å². The maximum absolute atomic E-state index is 11.3. The van der Waals surface area contributed by atoms with Crippen LogP contribution in [0, 0.1) is 5.92 Å². The molecule has 0 saturated carbocycles. The number of primary sulfonamides is 1. The van der Waals surface area contributed by atoms with Crippen molar-refractivity contribution >= 4 is 10.0 Å². The molecule has 0 spiro atoms. The van der Waals surface area contributed by atoms with E-state index in [1.54, 1.807) is 7.05 Å². The number of hydrogen-bond donors (Lipinski definition) is 1. The summed E-state index contributed by atoms with van der Waals surface area (Å²) >= 11 is 0. The zero-order valence-electron chi connectivity index (χ0n) is 10.9. The lowest BCUT2D eigenvalue weighted by Crippen LogP contribution is -2.22. The molecule has 2 heterocycles. The van der Waals surface area contributed by atoms with E-state index in [4.69, 9.17) is 9.88 Å². The highest BCUT2D eigenvalue weighted by Gasteiger charge is 2.41. The first-order valence-corrected chi connectivity index (χ1v) is 7.35. The second-order valence-corrected chi connectivity index (χ2v) is 6.33. The van der Waals surface area contributed by atoms with Crippen molar-refractivity contribution in [3.63, 3.8) is 0 Å². The van der Waals surface area contributed by atoms with E-state index in [2.05, 4.69) is 17.1 Å². The molecule has 2 N–H and O–H groups in total. The molecule has 0 aliphatic carbocycles. The van der Waals surface area contributed by atoms with Crippen LogP contribution in [0.4, 0.5) is 0 Å². The van der Waals surface area contributed by atoms with Crippen LogP contribution in [0.15, 0.2) is 5.16 Å². The summed E-state index contributed by atoms with van der Waals surface area (Å²) in [6.45, 7) is 6.01. The summed E-state index contributed by atoms with van der Waals surface area (Å²) in [6, 6.07) is 0. The number of nitrogens with two attached hydrogens (primary N) is 1. The van der Waals surface area contributed by atoms with E-state index in [9.17, 15) is 8.42 Å². The zero-order valence-corrected chi connectivity index (χ0v) is 11.7. The molecular weight excluding hydrogens is 256 g/mol. The van der Waals surface area contributed by atoms with E-state index in [0.717, 1.165) is 0 Å². The lowest BCUT2D eigenvalue weighted by molar-refractivity contribution is 0.0552. The summed E-state index contributed by atoms with van der Waals surface area (Å²) in [5, 5.41) is 12.5. The minimum Gasteiger partial charge on any atom is -0.374 e. The molecule has 4 atom stereocenters. The Morgan fingerprint density at radius 1 is 1.22 bits per heavy atom. The number of rotatable bonds is 2. The minimum atomic E-state index is -3.84. The van der Waals surface area contributed by atoms with Crippen LogP contribution in [0.25, 0.3) is 0 Å². The Labute approximate surface area is 106 Å². The first kappa shape index (κ1) is 13.4. The smallest absolute Gasteiger partial charge is 0.273 e. The van der Waals surface area contributed by atoms with Gasteiger partial charge in [-0.3, -0.25) is 0 Å². The van der Waals surface area contributed by atoms with Crippen molar-refractivity contribution in [3.05, 3.63) is 5.82 Å². The van der Waals surface area contributed by atoms with Crippen molar-refractivity contribution in [2.45, 2.75) is 44.1 Å². The average Bonchev–Trinajstić information content (AvgIpc) is 2.69. The number of ether oxygens (including phenoxy) is 1. The Morgan fingerprint density at radius 2 is 1.83 bits per heavy atom. The van der Waals surface area contributed by atoms with Crippen LogP contribution in [-0.4, -0.2) is 35.4 Å². The number of nitrogens with zero attached hydrogens (tertiary/aromatic N) is 3. The van der Waals surface area contributed by atoms with Crippen LogP contribution in [0.2, 0.25) is 0 Å². The summed E-state index contributed by atoms with van der Waals surface area (Å²) in [5.74, 6) is 0.868. The van der Waals surface area contributed by atoms with Gasteiger partial charge in [-0.2, -0.15) is 0 Å². The third-order valence-corrected chi connectivity index (χ3v) is 4.53. The van der Waals surface area contributed by atoms with Gasteiger partial charge in [-0.15, -0.1) is 10.2 Å². The molecule has 2 rings (SSSR count). The molecule has 1 saturated heterocycles. The van der Waals surface area contributed by atoms with E-state index in [-0.39, 0.29) is 29.2 Å². The maximum atomic E-state index is 11.3. The van der Waals surface area contributed by atoms with Crippen LogP contribution in [0.5, 0.6) is 0 Å². The number of hydrogen-bond acceptors (Lipinski definition) is 5. The topological polar surface area (TPSA) is 100 Å². The number of aromatic nitrogens is 3. The third kappa shape index (κ3) is 2.04. The van der Waals surface area contributed by atoms with Crippen LogP contribution < -0.4 is 5.14 Å². The van der Waals surface area contributed by atoms with Crippen molar-refractivity contribution in [3.8, 4) is 0 Å². The van der Waals surface area contributed by atoms with Crippen LogP contribution >= 0.6 is 0 Å². The van der Waals surface area contributed by atoms with Gasteiger partial charge in [0.15, 0.2) is 0 Å². The van der Waals surface area contributed by atoms with Crippen molar-refractivity contribution < 1.29 is 13.2 Å². The van der Waals surface area contributed by atoms with Gasteiger partial charge in [-0.1, -0.05) is 6.92 Å². The number of sulfonamides is 1. The van der Waals surface area contributed by atoms with Crippen LogP contribution in [0.3, 0.4) is 0 Å². The van der Waals surface area contributed by atoms with Crippen molar-refractivity contribution in [1.82, 2.24) is 14.8 Å². The molecule has 0 aromatic carbocycles. The monoisotopic (exact) mass is 274 g/mol. The van der Waals surface area contributed by atoms with E-state index in [1.165, 1.54) is 4.57 Å². The molecule has 0 bridgehead atoms. The molecular formula is C10H18N4O3S. The van der Waals surface area contributed by atoms with Gasteiger partial charge in [0.1, 0.15) is 5.82 Å². The average molecular weight is 274 g/mol. The minimum absolute atomic E-state index is 0.0213. The van der Waals surface area contributed by atoms with Crippen molar-refractivity contribution in [2.24, 2.45) is 18.1 Å². The standard InChI is InChI=1S/C10H18N4O3S/c1-5-6(2)17-7(3)8(5)9-12-13-10(14(9)4)18(11,15)16/h5-8H,1-4H3,(H2,11,15,16). The van der Waals surface area contributed by atoms with E-state index >= 15 is 0 Å². The summed E-state index contributed by atoms with van der Waals surface area (Å²) < 4.78 is 29.8. The molecule has 0 amide bonds. The third-order valence-electron chi connectivity index (χ3n) is 3.66. The summed E-state index contributed by atoms with van der Waals surface area (Å²) in [4.78, 5) is 0. The summed E-state index contributed by atoms with van der Waals surface area (Å²) in [7, 11) is -2.23. The fourth-order valence-electron chi connectivity index (χ4n) is 2.58. The zero-order chi connectivity index (χ0) is 13.7. The molecule has 7 nitrogen and oxygen atoms in total. The Hall–Kier alpha value is -0.990. The summed E-state index contributed by atoms with van der Waals surface area (Å²) in [6.07, 6.45) is 0.0888. The van der Waals surface area contributed by atoms with Gasteiger partial charge in [-0.25, -0.2) is 13.6 Å². The predicted octanol–water partition coefficient (Wildman–Crippen LogP) is -0.0106. The lowest BCUT2D eigenvalue weighted by atomic mass is 9.89. The summed E-state index contributed by atoms with van der Waals surface area (Å²) in [5.41, 5.74) is 0. The van der Waals surface area contributed by atoms with E-state index in [1.807, 2.05) is 13.8 Å². The van der Waals surface area contributed by atoms with Gasteiger partial charge in [0.25, 0.3) is 15.2 Å². The highest BCUT2D eigenvalue weighted by molar-refractivity contribution is 7.89. The second kappa shape index (κ2) is 4.29. The highest BCUT2D eigenvalue weighted by Crippen LogP contribution is 2.39. The first-order chi connectivity index (χ1) is 8.23. The van der Waals surface area contributed by atoms with Crippen LogP contribution in [0.1, 0.15) is 32.5 Å². The van der Waals surface area contributed by atoms with Gasteiger partial charge >= 0.3 is 0 Å². The van der Waals surface area contributed by atoms with Gasteiger partial charge in [-0.05, 0) is 19.8 Å². The Kier molecular flexibility index (Phi) is 3.20. The highest BCUT2D eigenvalue weighted by atomic mass is 32.2. The molecule has 1 aromatic rings. The predicted molar refractivity (Wildman–Crippen MR) is 64.3 cm³/mol. The van der Waals surface area contributed by atoms with Gasteiger partial charge in [0.05, 0.1) is 18.1 Å². The SMILES string of the molecule is CC1OC(C)C(c2nnc(S(N)(=O)=O)n2C)C1C. The van der Waals surface area contributed by atoms with Gasteiger partial charge in [0, 0.05) is 7.05 Å². The van der Waals surface area contributed by atoms with E-state index < -0.39 is 10.0 Å². The first-order valence-electron chi connectivity index (χ1n) is 5.81. The Balaban J connectivity index is 2.45. The van der Waals surface area contributed by atoms with Gasteiger partial charge < -0.3 is 9.30 Å². The molecule has 4 unspecified atom stereocenters. The van der Waals surface area contributed by atoms with Gasteiger partial charge in [0.2, 0.25) is 0 Å². The Morgan fingerprint density at radius 3 is 2.22 bits per heavy atom. The normalized spacial score (nSPS) is 32.9. The molecule has 1 aliphatic heterocycles.